The second kappa shape index (κ2) is 3.07. The van der Waals surface area contributed by atoms with Crippen LogP contribution in [0.4, 0.5) is 0 Å². The zero-order valence-corrected chi connectivity index (χ0v) is 8.20. The minimum atomic E-state index is 0.404. The standard InChI is InChI=1S/C12H15NO/c1-2-4-10(5-3-1)11-6-13-7-12(11)8-14-9-12/h1-5,11,13H,6-9H2. The van der Waals surface area contributed by atoms with Gasteiger partial charge in [0.25, 0.3) is 0 Å². The van der Waals surface area contributed by atoms with Crippen molar-refractivity contribution in [3.63, 3.8) is 0 Å². The second-order valence-electron chi connectivity index (χ2n) is 4.45. The molecular formula is C12H15NO. The number of hydrogen-bond donors (Lipinski definition) is 1. The smallest absolute Gasteiger partial charge is 0.0563 e. The van der Waals surface area contributed by atoms with Gasteiger partial charge in [-0.05, 0) is 5.56 Å². The van der Waals surface area contributed by atoms with Gasteiger partial charge in [-0.15, -0.1) is 0 Å². The molecule has 74 valence electrons. The van der Waals surface area contributed by atoms with E-state index in [0.717, 1.165) is 26.3 Å². The fraction of sp³-hybridized carbons (Fsp3) is 0.500. The highest BCUT2D eigenvalue weighted by atomic mass is 16.5. The minimum absolute atomic E-state index is 0.404. The lowest BCUT2D eigenvalue weighted by Gasteiger charge is -2.42. The molecule has 0 radical (unpaired) electrons. The maximum absolute atomic E-state index is 5.37. The molecule has 0 aromatic heterocycles. The summed E-state index contributed by atoms with van der Waals surface area (Å²) in [6.45, 7) is 4.08. The van der Waals surface area contributed by atoms with E-state index >= 15 is 0 Å². The van der Waals surface area contributed by atoms with Crippen LogP contribution in [0.15, 0.2) is 30.3 Å². The first-order valence-electron chi connectivity index (χ1n) is 5.24. The van der Waals surface area contributed by atoms with Crippen LogP contribution in [-0.2, 0) is 4.74 Å². The van der Waals surface area contributed by atoms with Crippen molar-refractivity contribution in [2.45, 2.75) is 5.92 Å². The van der Waals surface area contributed by atoms with Crippen LogP contribution in [0.5, 0.6) is 0 Å². The van der Waals surface area contributed by atoms with Crippen molar-refractivity contribution in [1.82, 2.24) is 5.32 Å². The monoisotopic (exact) mass is 189 g/mol. The van der Waals surface area contributed by atoms with Gasteiger partial charge in [-0.1, -0.05) is 30.3 Å². The Morgan fingerprint density at radius 2 is 2.00 bits per heavy atom. The highest BCUT2D eigenvalue weighted by Gasteiger charge is 2.49. The zero-order chi connectivity index (χ0) is 9.43. The molecule has 1 spiro atoms. The topological polar surface area (TPSA) is 21.3 Å². The van der Waals surface area contributed by atoms with Gasteiger partial charge in [0.15, 0.2) is 0 Å². The molecule has 1 atom stereocenters. The largest absolute Gasteiger partial charge is 0.380 e. The van der Waals surface area contributed by atoms with Crippen molar-refractivity contribution < 1.29 is 4.74 Å². The second-order valence-corrected chi connectivity index (χ2v) is 4.45. The van der Waals surface area contributed by atoms with E-state index in [1.54, 1.807) is 0 Å². The van der Waals surface area contributed by atoms with E-state index in [-0.39, 0.29) is 0 Å². The summed E-state index contributed by atoms with van der Waals surface area (Å²) in [7, 11) is 0. The van der Waals surface area contributed by atoms with E-state index in [0.29, 0.717) is 11.3 Å². The zero-order valence-electron chi connectivity index (χ0n) is 8.20. The fourth-order valence-corrected chi connectivity index (χ4v) is 2.63. The number of rotatable bonds is 1. The molecule has 1 aromatic rings. The minimum Gasteiger partial charge on any atom is -0.380 e. The van der Waals surface area contributed by atoms with Crippen LogP contribution in [0, 0.1) is 5.41 Å². The van der Waals surface area contributed by atoms with E-state index in [1.807, 2.05) is 0 Å². The van der Waals surface area contributed by atoms with Crippen molar-refractivity contribution >= 4 is 0 Å². The predicted molar refractivity (Wildman–Crippen MR) is 55.3 cm³/mol. The quantitative estimate of drug-likeness (QED) is 0.721. The van der Waals surface area contributed by atoms with Crippen LogP contribution in [-0.4, -0.2) is 26.3 Å². The summed E-state index contributed by atoms with van der Waals surface area (Å²) in [6, 6.07) is 10.8. The Hall–Kier alpha value is -0.860. The third kappa shape index (κ3) is 1.11. The molecule has 2 nitrogen and oxygen atoms in total. The summed E-state index contributed by atoms with van der Waals surface area (Å²) in [5.41, 5.74) is 1.86. The van der Waals surface area contributed by atoms with Crippen molar-refractivity contribution in [2.24, 2.45) is 5.41 Å². The van der Waals surface area contributed by atoms with Crippen LogP contribution in [0.25, 0.3) is 0 Å². The van der Waals surface area contributed by atoms with Crippen molar-refractivity contribution in [1.29, 1.82) is 0 Å². The summed E-state index contributed by atoms with van der Waals surface area (Å²) in [5.74, 6) is 0.650. The maximum Gasteiger partial charge on any atom is 0.0563 e. The van der Waals surface area contributed by atoms with E-state index in [1.165, 1.54) is 5.56 Å². The Morgan fingerprint density at radius 1 is 1.21 bits per heavy atom. The first-order valence-corrected chi connectivity index (χ1v) is 5.24. The normalized spacial score (nSPS) is 29.0. The lowest BCUT2D eigenvalue weighted by Crippen LogP contribution is -2.47. The van der Waals surface area contributed by atoms with Crippen LogP contribution in [0.1, 0.15) is 11.5 Å². The average molecular weight is 189 g/mol. The number of nitrogens with one attached hydrogen (secondary N) is 1. The first-order chi connectivity index (χ1) is 6.91. The molecule has 2 aliphatic rings. The first kappa shape index (κ1) is 8.45. The summed E-state index contributed by atoms with van der Waals surface area (Å²) in [5, 5.41) is 3.48. The maximum atomic E-state index is 5.37. The van der Waals surface area contributed by atoms with Crippen LogP contribution in [0.3, 0.4) is 0 Å². The number of benzene rings is 1. The summed E-state index contributed by atoms with van der Waals surface area (Å²) >= 11 is 0. The van der Waals surface area contributed by atoms with Gasteiger partial charge in [0, 0.05) is 24.4 Å². The fourth-order valence-electron chi connectivity index (χ4n) is 2.63. The molecule has 2 fully saturated rings. The highest BCUT2D eigenvalue weighted by molar-refractivity contribution is 5.26. The number of hydrogen-bond acceptors (Lipinski definition) is 2. The van der Waals surface area contributed by atoms with E-state index in [2.05, 4.69) is 35.6 Å². The van der Waals surface area contributed by atoms with Crippen LogP contribution < -0.4 is 5.32 Å². The van der Waals surface area contributed by atoms with Gasteiger partial charge in [0.05, 0.1) is 13.2 Å². The summed E-state index contributed by atoms with van der Waals surface area (Å²) in [6.07, 6.45) is 0. The Kier molecular flexibility index (Phi) is 1.85. The molecule has 0 saturated carbocycles. The van der Waals surface area contributed by atoms with Gasteiger partial charge in [0.2, 0.25) is 0 Å². The molecule has 2 saturated heterocycles. The molecule has 0 amide bonds. The Bertz CT molecular complexity index is 318. The molecule has 2 heterocycles. The van der Waals surface area contributed by atoms with Crippen molar-refractivity contribution in [3.8, 4) is 0 Å². The third-order valence-electron chi connectivity index (χ3n) is 3.55. The molecule has 3 rings (SSSR count). The molecular weight excluding hydrogens is 174 g/mol. The molecule has 2 heteroatoms. The van der Waals surface area contributed by atoms with Crippen molar-refractivity contribution in [2.75, 3.05) is 26.3 Å². The van der Waals surface area contributed by atoms with E-state index in [9.17, 15) is 0 Å². The molecule has 0 bridgehead atoms. The van der Waals surface area contributed by atoms with Gasteiger partial charge >= 0.3 is 0 Å². The lowest BCUT2D eigenvalue weighted by molar-refractivity contribution is -0.109. The van der Waals surface area contributed by atoms with Crippen LogP contribution >= 0.6 is 0 Å². The molecule has 0 aliphatic carbocycles. The van der Waals surface area contributed by atoms with Crippen molar-refractivity contribution in [3.05, 3.63) is 35.9 Å². The molecule has 14 heavy (non-hydrogen) atoms. The molecule has 1 N–H and O–H groups in total. The molecule has 1 unspecified atom stereocenters. The average Bonchev–Trinajstić information content (AvgIpc) is 2.62. The van der Waals surface area contributed by atoms with Gasteiger partial charge in [-0.3, -0.25) is 0 Å². The van der Waals surface area contributed by atoms with Gasteiger partial charge in [-0.25, -0.2) is 0 Å². The lowest BCUT2D eigenvalue weighted by atomic mass is 9.73. The van der Waals surface area contributed by atoms with Crippen LogP contribution in [0.2, 0.25) is 0 Å². The van der Waals surface area contributed by atoms with Gasteiger partial charge in [-0.2, -0.15) is 0 Å². The highest BCUT2D eigenvalue weighted by Crippen LogP contribution is 2.44. The third-order valence-corrected chi connectivity index (χ3v) is 3.55. The Labute approximate surface area is 84.3 Å². The summed E-state index contributed by atoms with van der Waals surface area (Å²) < 4.78 is 5.37. The van der Waals surface area contributed by atoms with E-state index < -0.39 is 0 Å². The Balaban J connectivity index is 1.91. The predicted octanol–water partition coefficient (Wildman–Crippen LogP) is 1.39. The SMILES string of the molecule is c1ccc(C2CNCC23COC3)cc1. The van der Waals surface area contributed by atoms with E-state index in [4.69, 9.17) is 4.74 Å². The number of ether oxygens (including phenoxy) is 1. The van der Waals surface area contributed by atoms with Gasteiger partial charge in [0.1, 0.15) is 0 Å². The molecule has 2 aliphatic heterocycles. The molecule has 1 aromatic carbocycles. The van der Waals surface area contributed by atoms with Gasteiger partial charge < -0.3 is 10.1 Å². The Morgan fingerprint density at radius 3 is 2.64 bits per heavy atom. The summed E-state index contributed by atoms with van der Waals surface area (Å²) in [4.78, 5) is 0.